The summed E-state index contributed by atoms with van der Waals surface area (Å²) in [5, 5.41) is 8.42. The van der Waals surface area contributed by atoms with Crippen molar-refractivity contribution in [1.82, 2.24) is 0 Å². The molecule has 0 aliphatic carbocycles. The van der Waals surface area contributed by atoms with Crippen molar-refractivity contribution in [2.75, 3.05) is 0 Å². The summed E-state index contributed by atoms with van der Waals surface area (Å²) in [6.45, 7) is 0. The number of hydrogen-bond donors (Lipinski definition) is 1. The van der Waals surface area contributed by atoms with Crippen LogP contribution in [0.15, 0.2) is 22.7 Å². The van der Waals surface area contributed by atoms with Crippen LogP contribution in [-0.2, 0) is 11.2 Å². The highest BCUT2D eigenvalue weighted by Gasteiger charge is 2.01. The molecule has 1 aromatic carbocycles. The van der Waals surface area contributed by atoms with E-state index in [2.05, 4.69) is 15.9 Å². The minimum Gasteiger partial charge on any atom is -0.481 e. The number of aliphatic carboxylic acids is 1. The summed E-state index contributed by atoms with van der Waals surface area (Å²) >= 11 is 3.08. The maximum absolute atomic E-state index is 13.1. The van der Waals surface area contributed by atoms with Gasteiger partial charge in [-0.3, -0.25) is 4.79 Å². The minimum atomic E-state index is -0.781. The van der Waals surface area contributed by atoms with Crippen LogP contribution < -0.4 is 0 Å². The van der Waals surface area contributed by atoms with Crippen molar-refractivity contribution >= 4 is 21.9 Å². The van der Waals surface area contributed by atoms with Gasteiger partial charge in [0.1, 0.15) is 5.82 Å². The molecule has 0 aliphatic heterocycles. The number of hydrogen-bond acceptors (Lipinski definition) is 1. The number of aryl methyl sites for hydroxylation is 1. The Morgan fingerprint density at radius 1 is 1.40 bits per heavy atom. The molecule has 1 aromatic rings. The van der Waals surface area contributed by atoms with E-state index in [1.54, 1.807) is 6.07 Å². The second-order valence-corrected chi connectivity index (χ2v) is 4.20. The van der Waals surface area contributed by atoms with Gasteiger partial charge in [0.25, 0.3) is 0 Å². The summed E-state index contributed by atoms with van der Waals surface area (Å²) < 4.78 is 13.5. The Bertz CT molecular complexity index is 352. The van der Waals surface area contributed by atoms with Crippen LogP contribution in [0.25, 0.3) is 0 Å². The van der Waals surface area contributed by atoms with E-state index < -0.39 is 5.97 Å². The summed E-state index contributed by atoms with van der Waals surface area (Å²) in [5.74, 6) is -1.05. The lowest BCUT2D eigenvalue weighted by molar-refractivity contribution is -0.137. The largest absolute Gasteiger partial charge is 0.481 e. The first-order chi connectivity index (χ1) is 7.09. The average molecular weight is 275 g/mol. The molecule has 1 rings (SSSR count). The van der Waals surface area contributed by atoms with E-state index >= 15 is 0 Å². The average Bonchev–Trinajstić information content (AvgIpc) is 2.18. The highest BCUT2D eigenvalue weighted by atomic mass is 79.9. The summed E-state index contributed by atoms with van der Waals surface area (Å²) in [6.07, 6.45) is 2.30. The summed E-state index contributed by atoms with van der Waals surface area (Å²) in [4.78, 5) is 10.2. The van der Waals surface area contributed by atoms with Crippen LogP contribution in [0.3, 0.4) is 0 Å². The van der Waals surface area contributed by atoms with E-state index in [1.807, 2.05) is 6.07 Å². The van der Waals surface area contributed by atoms with Gasteiger partial charge in [0, 0.05) is 6.42 Å². The van der Waals surface area contributed by atoms with E-state index in [0.717, 1.165) is 18.4 Å². The Morgan fingerprint density at radius 2 is 2.13 bits per heavy atom. The fraction of sp³-hybridized carbons (Fsp3) is 0.364. The van der Waals surface area contributed by atoms with E-state index in [0.29, 0.717) is 10.9 Å². The first-order valence-electron chi connectivity index (χ1n) is 4.75. The fourth-order valence-corrected chi connectivity index (χ4v) is 1.55. The predicted octanol–water partition coefficient (Wildman–Crippen LogP) is 3.39. The maximum Gasteiger partial charge on any atom is 0.303 e. The predicted molar refractivity (Wildman–Crippen MR) is 59.3 cm³/mol. The molecule has 0 fully saturated rings. The molecule has 1 N–H and O–H groups in total. The topological polar surface area (TPSA) is 37.3 Å². The molecule has 0 saturated carbocycles. The summed E-state index contributed by atoms with van der Waals surface area (Å²) in [7, 11) is 0. The van der Waals surface area contributed by atoms with Crippen LogP contribution in [0, 0.1) is 5.82 Å². The van der Waals surface area contributed by atoms with Gasteiger partial charge in [0.15, 0.2) is 0 Å². The number of benzene rings is 1. The normalized spacial score (nSPS) is 10.3. The van der Waals surface area contributed by atoms with Crippen molar-refractivity contribution in [3.8, 4) is 0 Å². The third-order valence-electron chi connectivity index (χ3n) is 2.09. The Labute approximate surface area is 96.2 Å². The molecule has 15 heavy (non-hydrogen) atoms. The Kier molecular flexibility index (Phi) is 4.75. The van der Waals surface area contributed by atoms with Crippen molar-refractivity contribution in [3.63, 3.8) is 0 Å². The van der Waals surface area contributed by atoms with Gasteiger partial charge in [0.2, 0.25) is 0 Å². The number of carbonyl (C=O) groups is 1. The van der Waals surface area contributed by atoms with Crippen LogP contribution in [-0.4, -0.2) is 11.1 Å². The molecular weight excluding hydrogens is 263 g/mol. The minimum absolute atomic E-state index is 0.180. The molecule has 0 radical (unpaired) electrons. The lowest BCUT2D eigenvalue weighted by atomic mass is 10.1. The summed E-state index contributed by atoms with van der Waals surface area (Å²) in [6, 6.07) is 4.99. The maximum atomic E-state index is 13.1. The summed E-state index contributed by atoms with van der Waals surface area (Å²) in [5.41, 5.74) is 0.904. The van der Waals surface area contributed by atoms with E-state index in [1.165, 1.54) is 6.07 Å². The SMILES string of the molecule is O=C(O)CCCCc1ccc(Br)c(F)c1. The number of rotatable bonds is 5. The van der Waals surface area contributed by atoms with Crippen LogP contribution in [0.1, 0.15) is 24.8 Å². The molecule has 0 heterocycles. The van der Waals surface area contributed by atoms with E-state index in [-0.39, 0.29) is 12.2 Å². The molecular formula is C11H12BrFO2. The second kappa shape index (κ2) is 5.85. The first-order valence-corrected chi connectivity index (χ1v) is 5.54. The lowest BCUT2D eigenvalue weighted by Gasteiger charge is -2.01. The van der Waals surface area contributed by atoms with Crippen molar-refractivity contribution in [2.45, 2.75) is 25.7 Å². The Hall–Kier alpha value is -0.900. The van der Waals surface area contributed by atoms with Gasteiger partial charge in [-0.15, -0.1) is 0 Å². The van der Waals surface area contributed by atoms with Crippen LogP contribution in [0.5, 0.6) is 0 Å². The monoisotopic (exact) mass is 274 g/mol. The fourth-order valence-electron chi connectivity index (χ4n) is 1.30. The molecule has 0 atom stereocenters. The third-order valence-corrected chi connectivity index (χ3v) is 2.73. The molecule has 0 spiro atoms. The van der Waals surface area contributed by atoms with Gasteiger partial charge in [0.05, 0.1) is 4.47 Å². The van der Waals surface area contributed by atoms with Gasteiger partial charge in [-0.1, -0.05) is 6.07 Å². The van der Waals surface area contributed by atoms with E-state index in [9.17, 15) is 9.18 Å². The van der Waals surface area contributed by atoms with Gasteiger partial charge in [-0.25, -0.2) is 4.39 Å². The van der Waals surface area contributed by atoms with Crippen LogP contribution in [0.4, 0.5) is 4.39 Å². The van der Waals surface area contributed by atoms with Gasteiger partial charge >= 0.3 is 5.97 Å². The molecule has 0 aromatic heterocycles. The zero-order valence-corrected chi connectivity index (χ0v) is 9.76. The van der Waals surface area contributed by atoms with Gasteiger partial charge in [-0.2, -0.15) is 0 Å². The van der Waals surface area contributed by atoms with Gasteiger partial charge in [-0.05, 0) is 52.9 Å². The van der Waals surface area contributed by atoms with Crippen molar-refractivity contribution < 1.29 is 14.3 Å². The standard InChI is InChI=1S/C11H12BrFO2/c12-9-6-5-8(7-10(9)13)3-1-2-4-11(14)15/h5-7H,1-4H2,(H,14,15). The zero-order valence-electron chi connectivity index (χ0n) is 8.17. The van der Waals surface area contributed by atoms with Crippen molar-refractivity contribution in [3.05, 3.63) is 34.1 Å². The highest BCUT2D eigenvalue weighted by molar-refractivity contribution is 9.10. The Morgan fingerprint density at radius 3 is 2.73 bits per heavy atom. The molecule has 0 aliphatic rings. The molecule has 0 amide bonds. The molecule has 4 heteroatoms. The number of unbranched alkanes of at least 4 members (excludes halogenated alkanes) is 1. The number of carboxylic acids is 1. The second-order valence-electron chi connectivity index (χ2n) is 3.35. The smallest absolute Gasteiger partial charge is 0.303 e. The third kappa shape index (κ3) is 4.42. The molecule has 82 valence electrons. The highest BCUT2D eigenvalue weighted by Crippen LogP contribution is 2.17. The van der Waals surface area contributed by atoms with Crippen LogP contribution >= 0.6 is 15.9 Å². The quantitative estimate of drug-likeness (QED) is 0.836. The number of carboxylic acid groups (broad SMARTS) is 1. The number of halogens is 2. The zero-order chi connectivity index (χ0) is 11.3. The lowest BCUT2D eigenvalue weighted by Crippen LogP contribution is -1.95. The Balaban J connectivity index is 2.38. The van der Waals surface area contributed by atoms with Crippen LogP contribution in [0.2, 0.25) is 0 Å². The molecule has 2 nitrogen and oxygen atoms in total. The molecule has 0 bridgehead atoms. The molecule has 0 unspecified atom stereocenters. The van der Waals surface area contributed by atoms with Crippen molar-refractivity contribution in [2.24, 2.45) is 0 Å². The molecule has 0 saturated heterocycles. The first kappa shape index (κ1) is 12.2. The van der Waals surface area contributed by atoms with Crippen molar-refractivity contribution in [1.29, 1.82) is 0 Å². The van der Waals surface area contributed by atoms with E-state index in [4.69, 9.17) is 5.11 Å². The van der Waals surface area contributed by atoms with Gasteiger partial charge < -0.3 is 5.11 Å².